The predicted molar refractivity (Wildman–Crippen MR) is 103 cm³/mol. The second-order valence-electron chi connectivity index (χ2n) is 6.73. The SMILES string of the molecule is Cc1n[nH]c(C)c1-n1ccnc1-c1ccc(OCCN2CCOCC2)cc1. The van der Waals surface area contributed by atoms with Crippen LogP contribution in [0.3, 0.4) is 0 Å². The first-order chi connectivity index (χ1) is 13.2. The summed E-state index contributed by atoms with van der Waals surface area (Å²) < 4.78 is 13.3. The molecule has 7 nitrogen and oxygen atoms in total. The minimum absolute atomic E-state index is 0.682. The van der Waals surface area contributed by atoms with Crippen LogP contribution in [0.5, 0.6) is 5.75 Å². The molecule has 0 radical (unpaired) electrons. The molecule has 1 fully saturated rings. The van der Waals surface area contributed by atoms with Gasteiger partial charge in [0.1, 0.15) is 18.2 Å². The highest BCUT2D eigenvalue weighted by molar-refractivity contribution is 5.60. The minimum atomic E-state index is 0.682. The van der Waals surface area contributed by atoms with Gasteiger partial charge in [-0.3, -0.25) is 14.6 Å². The Hall–Kier alpha value is -2.64. The molecule has 0 spiro atoms. The summed E-state index contributed by atoms with van der Waals surface area (Å²) in [4.78, 5) is 6.90. The molecule has 3 aromatic rings. The molecule has 0 atom stereocenters. The van der Waals surface area contributed by atoms with Crippen LogP contribution in [0, 0.1) is 13.8 Å². The Morgan fingerprint density at radius 3 is 2.63 bits per heavy atom. The van der Waals surface area contributed by atoms with E-state index in [2.05, 4.69) is 24.6 Å². The molecule has 0 amide bonds. The number of morpholine rings is 1. The maximum Gasteiger partial charge on any atom is 0.144 e. The number of nitrogens with zero attached hydrogens (tertiary/aromatic N) is 4. The maximum absolute atomic E-state index is 5.90. The third-order valence-electron chi connectivity index (χ3n) is 4.86. The van der Waals surface area contributed by atoms with Gasteiger partial charge in [-0.05, 0) is 38.1 Å². The second kappa shape index (κ2) is 7.94. The quantitative estimate of drug-likeness (QED) is 0.725. The van der Waals surface area contributed by atoms with Crippen molar-refractivity contribution in [2.24, 2.45) is 0 Å². The third kappa shape index (κ3) is 3.89. The number of aromatic amines is 1. The van der Waals surface area contributed by atoms with Crippen molar-refractivity contribution in [3.05, 3.63) is 48.0 Å². The van der Waals surface area contributed by atoms with Gasteiger partial charge in [0.25, 0.3) is 0 Å². The molecule has 3 heterocycles. The average molecular weight is 367 g/mol. The molecule has 0 aliphatic carbocycles. The zero-order valence-electron chi connectivity index (χ0n) is 15.8. The van der Waals surface area contributed by atoms with E-state index in [1.54, 1.807) is 0 Å². The summed E-state index contributed by atoms with van der Waals surface area (Å²) in [5.74, 6) is 1.77. The normalized spacial score (nSPS) is 15.2. The van der Waals surface area contributed by atoms with E-state index in [-0.39, 0.29) is 0 Å². The topological polar surface area (TPSA) is 68.2 Å². The number of aryl methyl sites for hydroxylation is 2. The molecule has 0 saturated carbocycles. The summed E-state index contributed by atoms with van der Waals surface area (Å²) in [7, 11) is 0. The smallest absolute Gasteiger partial charge is 0.144 e. The van der Waals surface area contributed by atoms with Gasteiger partial charge in [-0.1, -0.05) is 0 Å². The summed E-state index contributed by atoms with van der Waals surface area (Å²) in [5.41, 5.74) is 4.07. The second-order valence-corrected chi connectivity index (χ2v) is 6.73. The Labute approximate surface area is 158 Å². The van der Waals surface area contributed by atoms with Crippen LogP contribution in [0.2, 0.25) is 0 Å². The maximum atomic E-state index is 5.90. The van der Waals surface area contributed by atoms with Crippen LogP contribution in [0.4, 0.5) is 0 Å². The average Bonchev–Trinajstić information content (AvgIpc) is 3.29. The van der Waals surface area contributed by atoms with Gasteiger partial charge < -0.3 is 9.47 Å². The molecular weight excluding hydrogens is 342 g/mol. The van der Waals surface area contributed by atoms with Gasteiger partial charge in [-0.15, -0.1) is 0 Å². The Morgan fingerprint density at radius 2 is 1.93 bits per heavy atom. The van der Waals surface area contributed by atoms with Gasteiger partial charge in [0.2, 0.25) is 0 Å². The zero-order chi connectivity index (χ0) is 18.6. The first-order valence-electron chi connectivity index (χ1n) is 9.31. The van der Waals surface area contributed by atoms with Gasteiger partial charge in [-0.25, -0.2) is 4.98 Å². The first kappa shape index (κ1) is 17.8. The van der Waals surface area contributed by atoms with Crippen LogP contribution in [-0.2, 0) is 4.74 Å². The summed E-state index contributed by atoms with van der Waals surface area (Å²) in [6.45, 7) is 9.22. The van der Waals surface area contributed by atoms with Crippen molar-refractivity contribution in [1.29, 1.82) is 0 Å². The number of H-pyrrole nitrogens is 1. The van der Waals surface area contributed by atoms with Crippen molar-refractivity contribution >= 4 is 0 Å². The molecule has 1 aromatic carbocycles. The van der Waals surface area contributed by atoms with Crippen molar-refractivity contribution in [3.8, 4) is 22.8 Å². The summed E-state index contributed by atoms with van der Waals surface area (Å²) in [6.07, 6.45) is 3.78. The van der Waals surface area contributed by atoms with E-state index in [9.17, 15) is 0 Å². The molecule has 4 rings (SSSR count). The van der Waals surface area contributed by atoms with Gasteiger partial charge in [0, 0.05) is 37.6 Å². The highest BCUT2D eigenvalue weighted by Gasteiger charge is 2.14. The summed E-state index contributed by atoms with van der Waals surface area (Å²) in [5, 5.41) is 7.32. The largest absolute Gasteiger partial charge is 0.492 e. The molecule has 1 saturated heterocycles. The van der Waals surface area contributed by atoms with Gasteiger partial charge in [0.15, 0.2) is 0 Å². The fourth-order valence-corrected chi connectivity index (χ4v) is 3.42. The molecule has 142 valence electrons. The van der Waals surface area contributed by atoms with Crippen LogP contribution in [-0.4, -0.2) is 64.1 Å². The first-order valence-corrected chi connectivity index (χ1v) is 9.31. The highest BCUT2D eigenvalue weighted by atomic mass is 16.5. The van der Waals surface area contributed by atoms with E-state index in [4.69, 9.17) is 9.47 Å². The van der Waals surface area contributed by atoms with E-state index in [0.717, 1.165) is 67.1 Å². The lowest BCUT2D eigenvalue weighted by molar-refractivity contribution is 0.0322. The number of hydrogen-bond donors (Lipinski definition) is 1. The number of ether oxygens (including phenoxy) is 2. The fourth-order valence-electron chi connectivity index (χ4n) is 3.42. The molecule has 1 aliphatic rings. The molecule has 0 bridgehead atoms. The third-order valence-corrected chi connectivity index (χ3v) is 4.86. The summed E-state index contributed by atoms with van der Waals surface area (Å²) >= 11 is 0. The Kier molecular flexibility index (Phi) is 5.22. The number of imidazole rings is 1. The van der Waals surface area contributed by atoms with Crippen molar-refractivity contribution in [2.45, 2.75) is 13.8 Å². The van der Waals surface area contributed by atoms with Gasteiger partial charge >= 0.3 is 0 Å². The number of nitrogens with one attached hydrogen (secondary N) is 1. The Bertz CT molecular complexity index is 859. The standard InChI is InChI=1S/C20H25N5O2/c1-15-19(16(2)23-22-15)25-8-7-21-20(25)17-3-5-18(6-4-17)27-14-11-24-9-12-26-13-10-24/h3-8H,9-14H2,1-2H3,(H,22,23). The lowest BCUT2D eigenvalue weighted by Crippen LogP contribution is -2.38. The number of rotatable bonds is 6. The zero-order valence-corrected chi connectivity index (χ0v) is 15.8. The van der Waals surface area contributed by atoms with E-state index in [0.29, 0.717) is 6.61 Å². The number of aromatic nitrogens is 4. The van der Waals surface area contributed by atoms with Crippen molar-refractivity contribution < 1.29 is 9.47 Å². The van der Waals surface area contributed by atoms with Crippen molar-refractivity contribution in [1.82, 2.24) is 24.6 Å². The lowest BCUT2D eigenvalue weighted by atomic mass is 10.2. The Balaban J connectivity index is 1.43. The summed E-state index contributed by atoms with van der Waals surface area (Å²) in [6, 6.07) is 8.10. The monoisotopic (exact) mass is 367 g/mol. The molecule has 1 N–H and O–H groups in total. The molecular formula is C20H25N5O2. The van der Waals surface area contributed by atoms with E-state index < -0.39 is 0 Å². The van der Waals surface area contributed by atoms with E-state index in [1.807, 2.05) is 50.5 Å². The molecule has 2 aromatic heterocycles. The van der Waals surface area contributed by atoms with Crippen LogP contribution in [0.15, 0.2) is 36.7 Å². The van der Waals surface area contributed by atoms with Gasteiger partial charge in [-0.2, -0.15) is 5.10 Å². The minimum Gasteiger partial charge on any atom is -0.492 e. The van der Waals surface area contributed by atoms with Gasteiger partial charge in [0.05, 0.1) is 30.3 Å². The lowest BCUT2D eigenvalue weighted by Gasteiger charge is -2.26. The van der Waals surface area contributed by atoms with Crippen LogP contribution in [0.1, 0.15) is 11.4 Å². The molecule has 0 unspecified atom stereocenters. The fraction of sp³-hybridized carbons (Fsp3) is 0.400. The highest BCUT2D eigenvalue weighted by Crippen LogP contribution is 2.26. The van der Waals surface area contributed by atoms with Crippen molar-refractivity contribution in [3.63, 3.8) is 0 Å². The van der Waals surface area contributed by atoms with Crippen LogP contribution in [0.25, 0.3) is 17.1 Å². The Morgan fingerprint density at radius 1 is 1.15 bits per heavy atom. The molecule has 7 heteroatoms. The number of benzene rings is 1. The predicted octanol–water partition coefficient (Wildman–Crippen LogP) is 2.59. The van der Waals surface area contributed by atoms with Crippen LogP contribution < -0.4 is 4.74 Å². The van der Waals surface area contributed by atoms with E-state index in [1.165, 1.54) is 0 Å². The number of hydrogen-bond acceptors (Lipinski definition) is 5. The van der Waals surface area contributed by atoms with Crippen molar-refractivity contribution in [2.75, 3.05) is 39.5 Å². The van der Waals surface area contributed by atoms with Crippen LogP contribution >= 0.6 is 0 Å². The van der Waals surface area contributed by atoms with E-state index >= 15 is 0 Å². The molecule has 27 heavy (non-hydrogen) atoms. The molecule has 1 aliphatic heterocycles.